The van der Waals surface area contributed by atoms with Crippen LogP contribution in [-0.4, -0.2) is 16.1 Å². The van der Waals surface area contributed by atoms with Crippen molar-refractivity contribution >= 4 is 34.5 Å². The minimum atomic E-state index is -0.424. The molecule has 3 aromatic rings. The molecular formula is C17H15FN2O2S. The van der Waals surface area contributed by atoms with Crippen LogP contribution in [0, 0.1) is 12.7 Å². The molecule has 1 heterocycles. The van der Waals surface area contributed by atoms with Crippen LogP contribution in [0.15, 0.2) is 52.1 Å². The molecule has 4 nitrogen and oxygen atoms in total. The van der Waals surface area contributed by atoms with E-state index < -0.39 is 5.25 Å². The van der Waals surface area contributed by atoms with Crippen molar-refractivity contribution in [1.29, 1.82) is 0 Å². The molecule has 1 amide bonds. The maximum atomic E-state index is 13.5. The van der Waals surface area contributed by atoms with Crippen LogP contribution in [0.1, 0.15) is 12.5 Å². The molecule has 0 aliphatic carbocycles. The molecule has 0 spiro atoms. The molecule has 0 aliphatic rings. The summed E-state index contributed by atoms with van der Waals surface area (Å²) >= 11 is 1.22. The molecule has 2 aromatic carbocycles. The second-order valence-corrected chi connectivity index (χ2v) is 6.45. The van der Waals surface area contributed by atoms with E-state index in [2.05, 4.69) is 10.3 Å². The van der Waals surface area contributed by atoms with Crippen LogP contribution < -0.4 is 5.32 Å². The summed E-state index contributed by atoms with van der Waals surface area (Å²) in [5.41, 5.74) is 2.41. The molecule has 3 rings (SSSR count). The molecule has 0 aliphatic heterocycles. The highest BCUT2D eigenvalue weighted by Gasteiger charge is 2.18. The van der Waals surface area contributed by atoms with E-state index in [9.17, 15) is 9.18 Å². The van der Waals surface area contributed by atoms with Gasteiger partial charge in [-0.2, -0.15) is 0 Å². The predicted octanol–water partition coefficient (Wildman–Crippen LogP) is 4.39. The molecule has 0 saturated heterocycles. The molecule has 0 fully saturated rings. The quantitative estimate of drug-likeness (QED) is 0.721. The molecule has 1 atom stereocenters. The second-order valence-electron chi connectivity index (χ2n) is 5.16. The average molecular weight is 330 g/mol. The normalized spacial score (nSPS) is 12.3. The van der Waals surface area contributed by atoms with Crippen LogP contribution in [0.3, 0.4) is 0 Å². The number of carbonyl (C=O) groups excluding carboxylic acids is 1. The first kappa shape index (κ1) is 15.6. The third-order valence-corrected chi connectivity index (χ3v) is 4.30. The summed E-state index contributed by atoms with van der Waals surface area (Å²) in [7, 11) is 0. The van der Waals surface area contributed by atoms with Crippen molar-refractivity contribution < 1.29 is 13.6 Å². The number of aromatic nitrogens is 1. The summed E-state index contributed by atoms with van der Waals surface area (Å²) in [5.74, 6) is -0.581. The van der Waals surface area contributed by atoms with Crippen LogP contribution in [0.2, 0.25) is 0 Å². The number of rotatable bonds is 4. The summed E-state index contributed by atoms with van der Waals surface area (Å²) in [5, 5.41) is 2.71. The van der Waals surface area contributed by atoms with Crippen LogP contribution in [0.5, 0.6) is 0 Å². The number of nitrogens with zero attached hydrogens (tertiary/aromatic N) is 1. The molecule has 0 saturated carbocycles. The van der Waals surface area contributed by atoms with E-state index in [0.29, 0.717) is 22.1 Å². The summed E-state index contributed by atoms with van der Waals surface area (Å²) < 4.78 is 19.1. The first-order chi connectivity index (χ1) is 11.0. The number of hydrogen-bond donors (Lipinski definition) is 1. The number of carbonyl (C=O) groups is 1. The zero-order valence-electron chi connectivity index (χ0n) is 12.7. The number of fused-ring (bicyclic) bond motifs is 1. The van der Waals surface area contributed by atoms with E-state index in [0.717, 1.165) is 5.52 Å². The number of oxazole rings is 1. The first-order valence-corrected chi connectivity index (χ1v) is 8.00. The number of aryl methyl sites for hydroxylation is 1. The van der Waals surface area contributed by atoms with Gasteiger partial charge in [-0.15, -0.1) is 0 Å². The van der Waals surface area contributed by atoms with Crippen LogP contribution in [-0.2, 0) is 4.79 Å². The van der Waals surface area contributed by atoms with Crippen molar-refractivity contribution in [3.05, 3.63) is 53.8 Å². The number of amides is 1. The SMILES string of the molecule is Cc1ccc(NC(=O)C(C)Sc2nc3ccccc3o2)cc1F. The van der Waals surface area contributed by atoms with Gasteiger partial charge in [0.1, 0.15) is 11.3 Å². The lowest BCUT2D eigenvalue weighted by Crippen LogP contribution is -2.22. The smallest absolute Gasteiger partial charge is 0.257 e. The Bertz CT molecular complexity index is 830. The summed E-state index contributed by atoms with van der Waals surface area (Å²) in [6, 6.07) is 12.0. The lowest BCUT2D eigenvalue weighted by molar-refractivity contribution is -0.115. The lowest BCUT2D eigenvalue weighted by Gasteiger charge is -2.10. The minimum absolute atomic E-state index is 0.236. The summed E-state index contributed by atoms with van der Waals surface area (Å²) in [6.45, 7) is 3.42. The monoisotopic (exact) mass is 330 g/mol. The minimum Gasteiger partial charge on any atom is -0.431 e. The topological polar surface area (TPSA) is 55.1 Å². The fourth-order valence-electron chi connectivity index (χ4n) is 2.02. The summed E-state index contributed by atoms with van der Waals surface area (Å²) in [6.07, 6.45) is 0. The number of halogens is 1. The first-order valence-electron chi connectivity index (χ1n) is 7.12. The van der Waals surface area contributed by atoms with Gasteiger partial charge >= 0.3 is 0 Å². The Kier molecular flexibility index (Phi) is 4.34. The molecule has 1 N–H and O–H groups in total. The van der Waals surface area contributed by atoms with Gasteiger partial charge in [-0.25, -0.2) is 9.37 Å². The van der Waals surface area contributed by atoms with Crippen molar-refractivity contribution in [3.63, 3.8) is 0 Å². The van der Waals surface area contributed by atoms with Gasteiger partial charge in [0.05, 0.1) is 5.25 Å². The lowest BCUT2D eigenvalue weighted by atomic mass is 10.2. The van der Waals surface area contributed by atoms with Crippen LogP contribution >= 0.6 is 11.8 Å². The van der Waals surface area contributed by atoms with Crippen LogP contribution in [0.4, 0.5) is 10.1 Å². The van der Waals surface area contributed by atoms with E-state index in [1.165, 1.54) is 17.8 Å². The van der Waals surface area contributed by atoms with E-state index in [1.54, 1.807) is 26.0 Å². The molecule has 1 unspecified atom stereocenters. The Hall–Kier alpha value is -2.34. The Morgan fingerprint density at radius 2 is 2.09 bits per heavy atom. The van der Waals surface area contributed by atoms with Gasteiger partial charge in [0, 0.05) is 5.69 Å². The van der Waals surface area contributed by atoms with Crippen molar-refractivity contribution in [2.45, 2.75) is 24.3 Å². The van der Waals surface area contributed by atoms with Gasteiger partial charge in [0.15, 0.2) is 5.58 Å². The van der Waals surface area contributed by atoms with Gasteiger partial charge < -0.3 is 9.73 Å². The molecule has 23 heavy (non-hydrogen) atoms. The van der Waals surface area contributed by atoms with E-state index >= 15 is 0 Å². The third kappa shape index (κ3) is 3.53. The number of hydrogen-bond acceptors (Lipinski definition) is 4. The molecule has 1 aromatic heterocycles. The average Bonchev–Trinajstić information content (AvgIpc) is 2.93. The highest BCUT2D eigenvalue weighted by molar-refractivity contribution is 8.00. The number of anilines is 1. The van der Waals surface area contributed by atoms with Crippen molar-refractivity contribution in [2.75, 3.05) is 5.32 Å². The zero-order valence-corrected chi connectivity index (χ0v) is 13.5. The van der Waals surface area contributed by atoms with E-state index in [4.69, 9.17) is 4.42 Å². The van der Waals surface area contributed by atoms with Gasteiger partial charge in [0.2, 0.25) is 5.91 Å². The van der Waals surface area contributed by atoms with Crippen molar-refractivity contribution in [2.24, 2.45) is 0 Å². The standard InChI is InChI=1S/C17H15FN2O2S/c1-10-7-8-12(9-13(10)18)19-16(21)11(2)23-17-20-14-5-3-4-6-15(14)22-17/h3-9,11H,1-2H3,(H,19,21). The Morgan fingerprint density at radius 1 is 1.30 bits per heavy atom. The highest BCUT2D eigenvalue weighted by atomic mass is 32.2. The Balaban J connectivity index is 1.68. The fraction of sp³-hybridized carbons (Fsp3) is 0.176. The van der Waals surface area contributed by atoms with Gasteiger partial charge in [-0.05, 0) is 43.7 Å². The van der Waals surface area contributed by atoms with Crippen molar-refractivity contribution in [3.8, 4) is 0 Å². The maximum absolute atomic E-state index is 13.5. The molecule has 0 bridgehead atoms. The fourth-order valence-corrected chi connectivity index (χ4v) is 2.78. The number of benzene rings is 2. The van der Waals surface area contributed by atoms with Gasteiger partial charge in [0.25, 0.3) is 5.22 Å². The Labute approximate surface area is 137 Å². The van der Waals surface area contributed by atoms with E-state index in [1.807, 2.05) is 24.3 Å². The van der Waals surface area contributed by atoms with Crippen LogP contribution in [0.25, 0.3) is 11.1 Å². The van der Waals surface area contributed by atoms with Gasteiger partial charge in [-0.1, -0.05) is 30.0 Å². The maximum Gasteiger partial charge on any atom is 0.257 e. The number of para-hydroxylation sites is 2. The Morgan fingerprint density at radius 3 is 2.83 bits per heavy atom. The van der Waals surface area contributed by atoms with E-state index in [-0.39, 0.29) is 11.7 Å². The predicted molar refractivity (Wildman–Crippen MR) is 89.1 cm³/mol. The molecule has 0 radical (unpaired) electrons. The van der Waals surface area contributed by atoms with Crippen molar-refractivity contribution in [1.82, 2.24) is 4.98 Å². The summed E-state index contributed by atoms with van der Waals surface area (Å²) in [4.78, 5) is 16.5. The molecule has 118 valence electrons. The van der Waals surface area contributed by atoms with Gasteiger partial charge in [-0.3, -0.25) is 4.79 Å². The second kappa shape index (κ2) is 6.42. The third-order valence-electron chi connectivity index (χ3n) is 3.36. The number of thioether (sulfide) groups is 1. The molecular weight excluding hydrogens is 315 g/mol. The molecule has 6 heteroatoms. The number of nitrogens with one attached hydrogen (secondary N) is 1. The highest BCUT2D eigenvalue weighted by Crippen LogP contribution is 2.27. The zero-order chi connectivity index (χ0) is 16.4. The largest absolute Gasteiger partial charge is 0.431 e.